The summed E-state index contributed by atoms with van der Waals surface area (Å²) >= 11 is 0. The van der Waals surface area contributed by atoms with Crippen molar-refractivity contribution in [3.05, 3.63) is 48.2 Å². The third-order valence-electron chi connectivity index (χ3n) is 3.33. The Labute approximate surface area is 126 Å². The monoisotopic (exact) mass is 285 g/mol. The SMILES string of the molecule is CCCOc1ccnc(NCC(C)(C)c2ccccc2)n1. The first-order valence-corrected chi connectivity index (χ1v) is 7.37. The summed E-state index contributed by atoms with van der Waals surface area (Å²) in [6.45, 7) is 7.91. The highest BCUT2D eigenvalue weighted by atomic mass is 16.5. The van der Waals surface area contributed by atoms with Gasteiger partial charge in [-0.05, 0) is 12.0 Å². The molecular weight excluding hydrogens is 262 g/mol. The van der Waals surface area contributed by atoms with Crippen molar-refractivity contribution in [1.82, 2.24) is 9.97 Å². The molecular formula is C17H23N3O. The van der Waals surface area contributed by atoms with Gasteiger partial charge in [-0.1, -0.05) is 51.1 Å². The van der Waals surface area contributed by atoms with Gasteiger partial charge in [0.05, 0.1) is 6.61 Å². The maximum atomic E-state index is 5.52. The lowest BCUT2D eigenvalue weighted by Gasteiger charge is -2.25. The van der Waals surface area contributed by atoms with Crippen LogP contribution in [0.4, 0.5) is 5.95 Å². The summed E-state index contributed by atoms with van der Waals surface area (Å²) in [7, 11) is 0. The van der Waals surface area contributed by atoms with Crippen LogP contribution in [0.15, 0.2) is 42.6 Å². The highest BCUT2D eigenvalue weighted by Gasteiger charge is 2.20. The molecule has 21 heavy (non-hydrogen) atoms. The van der Waals surface area contributed by atoms with Crippen molar-refractivity contribution in [3.63, 3.8) is 0 Å². The standard InChI is InChI=1S/C17H23N3O/c1-4-12-21-15-10-11-18-16(20-15)19-13-17(2,3)14-8-6-5-7-9-14/h5-11H,4,12-13H2,1-3H3,(H,18,19,20). The first-order valence-electron chi connectivity index (χ1n) is 7.37. The molecule has 112 valence electrons. The van der Waals surface area contributed by atoms with Gasteiger partial charge in [-0.3, -0.25) is 0 Å². The van der Waals surface area contributed by atoms with Crippen LogP contribution in [0.5, 0.6) is 5.88 Å². The molecule has 0 unspecified atom stereocenters. The van der Waals surface area contributed by atoms with Crippen molar-refractivity contribution < 1.29 is 4.74 Å². The van der Waals surface area contributed by atoms with Crippen molar-refractivity contribution >= 4 is 5.95 Å². The molecule has 1 aromatic heterocycles. The van der Waals surface area contributed by atoms with Crippen LogP contribution in [0, 0.1) is 0 Å². The fourth-order valence-electron chi connectivity index (χ4n) is 2.01. The molecule has 1 N–H and O–H groups in total. The molecule has 0 fully saturated rings. The third-order valence-corrected chi connectivity index (χ3v) is 3.33. The van der Waals surface area contributed by atoms with Crippen LogP contribution in [0.1, 0.15) is 32.8 Å². The van der Waals surface area contributed by atoms with E-state index in [2.05, 4.69) is 60.3 Å². The largest absolute Gasteiger partial charge is 0.478 e. The maximum Gasteiger partial charge on any atom is 0.225 e. The molecule has 2 rings (SSSR count). The number of aromatic nitrogens is 2. The fraction of sp³-hybridized carbons (Fsp3) is 0.412. The molecule has 1 aromatic carbocycles. The van der Waals surface area contributed by atoms with E-state index in [1.54, 1.807) is 12.3 Å². The number of ether oxygens (including phenoxy) is 1. The predicted molar refractivity (Wildman–Crippen MR) is 85.8 cm³/mol. The maximum absolute atomic E-state index is 5.52. The minimum Gasteiger partial charge on any atom is -0.478 e. The van der Waals surface area contributed by atoms with Crippen molar-refractivity contribution in [2.45, 2.75) is 32.6 Å². The van der Waals surface area contributed by atoms with E-state index in [0.29, 0.717) is 18.4 Å². The number of benzene rings is 1. The second kappa shape index (κ2) is 7.07. The number of hydrogen-bond acceptors (Lipinski definition) is 4. The van der Waals surface area contributed by atoms with Crippen LogP contribution in [0.25, 0.3) is 0 Å². The second-order valence-electron chi connectivity index (χ2n) is 5.67. The summed E-state index contributed by atoms with van der Waals surface area (Å²) in [6, 6.07) is 12.2. The summed E-state index contributed by atoms with van der Waals surface area (Å²) in [4.78, 5) is 8.60. The van der Waals surface area contributed by atoms with Gasteiger partial charge in [-0.25, -0.2) is 4.98 Å². The first-order chi connectivity index (χ1) is 10.1. The lowest BCUT2D eigenvalue weighted by molar-refractivity contribution is 0.305. The van der Waals surface area contributed by atoms with Crippen LogP contribution >= 0.6 is 0 Å². The average Bonchev–Trinajstić information content (AvgIpc) is 2.52. The number of nitrogens with one attached hydrogen (secondary N) is 1. The van der Waals surface area contributed by atoms with Gasteiger partial charge < -0.3 is 10.1 Å². The quantitative estimate of drug-likeness (QED) is 0.843. The zero-order chi connectivity index (χ0) is 15.1. The van der Waals surface area contributed by atoms with Crippen LogP contribution in [-0.2, 0) is 5.41 Å². The van der Waals surface area contributed by atoms with E-state index in [9.17, 15) is 0 Å². The topological polar surface area (TPSA) is 47.0 Å². The van der Waals surface area contributed by atoms with Crippen LogP contribution < -0.4 is 10.1 Å². The first kappa shape index (κ1) is 15.3. The van der Waals surface area contributed by atoms with Gasteiger partial charge in [0.1, 0.15) is 0 Å². The average molecular weight is 285 g/mol. The summed E-state index contributed by atoms with van der Waals surface area (Å²) < 4.78 is 5.52. The lowest BCUT2D eigenvalue weighted by Crippen LogP contribution is -2.28. The number of anilines is 1. The van der Waals surface area contributed by atoms with Crippen molar-refractivity contribution in [3.8, 4) is 5.88 Å². The van der Waals surface area contributed by atoms with Gasteiger partial charge in [0.25, 0.3) is 0 Å². The molecule has 0 aliphatic heterocycles. The molecule has 2 aromatic rings. The van der Waals surface area contributed by atoms with Crippen LogP contribution in [0.2, 0.25) is 0 Å². The van der Waals surface area contributed by atoms with E-state index in [-0.39, 0.29) is 5.41 Å². The Balaban J connectivity index is 1.99. The molecule has 1 heterocycles. The number of hydrogen-bond donors (Lipinski definition) is 1. The van der Waals surface area contributed by atoms with Gasteiger partial charge in [0.2, 0.25) is 11.8 Å². The lowest BCUT2D eigenvalue weighted by atomic mass is 9.85. The molecule has 0 saturated heterocycles. The Morgan fingerprint density at radius 1 is 1.14 bits per heavy atom. The van der Waals surface area contributed by atoms with E-state index in [4.69, 9.17) is 4.74 Å². The van der Waals surface area contributed by atoms with E-state index in [0.717, 1.165) is 13.0 Å². The van der Waals surface area contributed by atoms with Crippen molar-refractivity contribution in [2.24, 2.45) is 0 Å². The van der Waals surface area contributed by atoms with Crippen molar-refractivity contribution in [1.29, 1.82) is 0 Å². The van der Waals surface area contributed by atoms with Crippen molar-refractivity contribution in [2.75, 3.05) is 18.5 Å². The molecule has 0 aliphatic carbocycles. The zero-order valence-electron chi connectivity index (χ0n) is 13.0. The Bertz CT molecular complexity index is 555. The molecule has 0 aliphatic rings. The Kier molecular flexibility index (Phi) is 5.14. The number of rotatable bonds is 7. The molecule has 0 radical (unpaired) electrons. The molecule has 0 amide bonds. The number of nitrogens with zero attached hydrogens (tertiary/aromatic N) is 2. The summed E-state index contributed by atoms with van der Waals surface area (Å²) in [5.74, 6) is 1.22. The third kappa shape index (κ3) is 4.45. The molecule has 4 heteroatoms. The molecule has 0 atom stereocenters. The van der Waals surface area contributed by atoms with Crippen LogP contribution in [0.3, 0.4) is 0 Å². The summed E-state index contributed by atoms with van der Waals surface area (Å²) in [5.41, 5.74) is 1.29. The van der Waals surface area contributed by atoms with E-state index in [1.807, 2.05) is 6.07 Å². The van der Waals surface area contributed by atoms with Gasteiger partial charge in [0, 0.05) is 24.2 Å². The van der Waals surface area contributed by atoms with Gasteiger partial charge in [0.15, 0.2) is 0 Å². The Hall–Kier alpha value is -2.10. The molecule has 0 saturated carbocycles. The molecule has 0 spiro atoms. The van der Waals surface area contributed by atoms with E-state index < -0.39 is 0 Å². The van der Waals surface area contributed by atoms with Gasteiger partial charge in [-0.2, -0.15) is 4.98 Å². The van der Waals surface area contributed by atoms with E-state index in [1.165, 1.54) is 5.56 Å². The second-order valence-corrected chi connectivity index (χ2v) is 5.67. The highest BCUT2D eigenvalue weighted by molar-refractivity contribution is 5.31. The molecule has 0 bridgehead atoms. The fourth-order valence-corrected chi connectivity index (χ4v) is 2.01. The van der Waals surface area contributed by atoms with Gasteiger partial charge >= 0.3 is 0 Å². The summed E-state index contributed by atoms with van der Waals surface area (Å²) in [5, 5.41) is 3.30. The Morgan fingerprint density at radius 3 is 2.62 bits per heavy atom. The minimum atomic E-state index is 0.00486. The normalized spacial score (nSPS) is 11.2. The Morgan fingerprint density at radius 2 is 1.90 bits per heavy atom. The van der Waals surface area contributed by atoms with Crippen LogP contribution in [-0.4, -0.2) is 23.1 Å². The smallest absolute Gasteiger partial charge is 0.225 e. The van der Waals surface area contributed by atoms with E-state index >= 15 is 0 Å². The zero-order valence-corrected chi connectivity index (χ0v) is 13.0. The highest BCUT2D eigenvalue weighted by Crippen LogP contribution is 2.23. The minimum absolute atomic E-state index is 0.00486. The summed E-state index contributed by atoms with van der Waals surface area (Å²) in [6.07, 6.45) is 2.68. The van der Waals surface area contributed by atoms with Gasteiger partial charge in [-0.15, -0.1) is 0 Å². The molecule has 4 nitrogen and oxygen atoms in total. The predicted octanol–water partition coefficient (Wildman–Crippen LogP) is 3.66.